The first-order chi connectivity index (χ1) is 17.7. The lowest BCUT2D eigenvalue weighted by Gasteiger charge is -2.03. The number of hydrogen-bond acceptors (Lipinski definition) is 6. The molecule has 0 aromatic heterocycles. The van der Waals surface area contributed by atoms with Gasteiger partial charge in [-0.1, -0.05) is 91.3 Å². The molecule has 0 aliphatic heterocycles. The number of hydrogen-bond donors (Lipinski definition) is 5. The highest BCUT2D eigenvalue weighted by atomic mass is 16.4. The summed E-state index contributed by atoms with van der Waals surface area (Å²) in [5.74, 6) is -1.77. The molecule has 0 heterocycles. The van der Waals surface area contributed by atoms with Gasteiger partial charge in [0.1, 0.15) is 12.3 Å². The minimum Gasteiger partial charge on any atom is -0.481 e. The van der Waals surface area contributed by atoms with Crippen molar-refractivity contribution in [3.05, 3.63) is 96.1 Å². The van der Waals surface area contributed by atoms with Crippen LogP contribution < -0.4 is 17.2 Å². The molecule has 0 fully saturated rings. The Hall–Kier alpha value is -3.85. The number of carbonyl (C=O) groups is 3. The van der Waals surface area contributed by atoms with Crippen molar-refractivity contribution in [3.63, 3.8) is 0 Å². The fraction of sp³-hybridized carbons (Fsp3) is 0.276. The molecule has 37 heavy (non-hydrogen) atoms. The van der Waals surface area contributed by atoms with Crippen LogP contribution in [-0.2, 0) is 16.0 Å². The highest BCUT2D eigenvalue weighted by molar-refractivity contribution is 5.76. The minimum atomic E-state index is -0.933. The number of nitrogens with two attached hydrogens (primary N) is 3. The lowest BCUT2D eigenvalue weighted by Crippen LogP contribution is -2.29. The van der Waals surface area contributed by atoms with E-state index in [2.05, 4.69) is 24.3 Å². The number of carboxylic acids is 2. The van der Waals surface area contributed by atoms with Crippen molar-refractivity contribution in [1.29, 1.82) is 0 Å². The van der Waals surface area contributed by atoms with E-state index in [1.54, 1.807) is 0 Å². The normalized spacial score (nSPS) is 10.2. The maximum absolute atomic E-state index is 10.5. The summed E-state index contributed by atoms with van der Waals surface area (Å²) in [6, 6.07) is 27.2. The van der Waals surface area contributed by atoms with Crippen molar-refractivity contribution in [2.24, 2.45) is 17.2 Å². The summed E-state index contributed by atoms with van der Waals surface area (Å²) in [6.07, 6.45) is 4.01. The predicted molar refractivity (Wildman–Crippen MR) is 148 cm³/mol. The molecule has 0 aliphatic rings. The molecule has 0 saturated heterocycles. The zero-order chi connectivity index (χ0) is 27.9. The largest absolute Gasteiger partial charge is 0.481 e. The second-order valence-corrected chi connectivity index (χ2v) is 7.88. The van der Waals surface area contributed by atoms with Gasteiger partial charge >= 0.3 is 5.97 Å². The van der Waals surface area contributed by atoms with E-state index in [0.29, 0.717) is 18.5 Å². The van der Waals surface area contributed by atoms with Crippen LogP contribution in [0.3, 0.4) is 0 Å². The topological polar surface area (TPSA) is 170 Å². The molecular weight excluding hydrogens is 470 g/mol. The smallest absolute Gasteiger partial charge is 0.320 e. The van der Waals surface area contributed by atoms with E-state index in [-0.39, 0.29) is 0 Å². The number of carboxylic acid groups (broad SMARTS) is 2. The summed E-state index contributed by atoms with van der Waals surface area (Å²) < 4.78 is 0. The summed E-state index contributed by atoms with van der Waals surface area (Å²) in [4.78, 5) is 29.6. The Morgan fingerprint density at radius 3 is 1.70 bits per heavy atom. The van der Waals surface area contributed by atoms with Gasteiger partial charge < -0.3 is 27.4 Å². The van der Waals surface area contributed by atoms with E-state index < -0.39 is 18.0 Å². The molecule has 3 aromatic carbocycles. The summed E-state index contributed by atoms with van der Waals surface area (Å²) in [5, 5.41) is 15.7. The molecule has 0 bridgehead atoms. The van der Waals surface area contributed by atoms with E-state index in [9.17, 15) is 9.59 Å². The Balaban J connectivity index is 0.000000503. The maximum Gasteiger partial charge on any atom is 0.320 e. The van der Waals surface area contributed by atoms with E-state index in [1.807, 2.05) is 60.7 Å². The fourth-order valence-corrected chi connectivity index (χ4v) is 2.83. The first-order valence-electron chi connectivity index (χ1n) is 12.0. The molecule has 3 aromatic rings. The van der Waals surface area contributed by atoms with Crippen LogP contribution in [0.25, 0.3) is 11.1 Å². The Labute approximate surface area is 219 Å². The van der Waals surface area contributed by atoms with Crippen LogP contribution in [0.2, 0.25) is 0 Å². The van der Waals surface area contributed by atoms with Gasteiger partial charge in [0.05, 0.1) is 0 Å². The zero-order valence-electron chi connectivity index (χ0n) is 21.3. The Morgan fingerprint density at radius 1 is 0.784 bits per heavy atom. The third kappa shape index (κ3) is 18.1. The maximum atomic E-state index is 10.5. The van der Waals surface area contributed by atoms with E-state index in [0.717, 1.165) is 44.6 Å². The van der Waals surface area contributed by atoms with Crippen LogP contribution in [0.4, 0.5) is 0 Å². The van der Waals surface area contributed by atoms with Crippen molar-refractivity contribution in [2.75, 3.05) is 13.1 Å². The van der Waals surface area contributed by atoms with E-state index in [1.165, 1.54) is 11.1 Å². The average Bonchev–Trinajstić information content (AvgIpc) is 2.90. The number of rotatable bonds is 9. The highest BCUT2D eigenvalue weighted by Gasteiger charge is 2.09. The predicted octanol–water partition coefficient (Wildman–Crippen LogP) is 3.97. The first kappa shape index (κ1) is 33.1. The van der Waals surface area contributed by atoms with Gasteiger partial charge in [-0.15, -0.1) is 0 Å². The van der Waals surface area contributed by atoms with E-state index >= 15 is 0 Å². The van der Waals surface area contributed by atoms with Crippen LogP contribution in [0, 0.1) is 0 Å². The minimum absolute atomic E-state index is 0.520. The number of benzene rings is 3. The highest BCUT2D eigenvalue weighted by Crippen LogP contribution is 2.18. The summed E-state index contributed by atoms with van der Waals surface area (Å²) in [6.45, 7) is 2.43. The van der Waals surface area contributed by atoms with Crippen LogP contribution in [0.5, 0.6) is 0 Å². The lowest BCUT2D eigenvalue weighted by atomic mass is 10.0. The lowest BCUT2D eigenvalue weighted by molar-refractivity contribution is -0.138. The molecule has 0 spiro atoms. The molecule has 8 nitrogen and oxygen atoms in total. The number of aliphatic carboxylic acids is 2. The molecule has 3 rings (SSSR count). The number of carbonyl (C=O) groups excluding carboxylic acids is 1. The molecule has 0 amide bonds. The molecule has 0 aliphatic carbocycles. The fourth-order valence-electron chi connectivity index (χ4n) is 2.83. The second-order valence-electron chi connectivity index (χ2n) is 7.88. The van der Waals surface area contributed by atoms with Crippen molar-refractivity contribution >= 4 is 18.2 Å². The molecule has 8 heteroatoms. The van der Waals surface area contributed by atoms with Crippen molar-refractivity contribution in [1.82, 2.24) is 0 Å². The van der Waals surface area contributed by atoms with Gasteiger partial charge in [-0.3, -0.25) is 14.4 Å². The molecule has 1 atom stereocenters. The van der Waals surface area contributed by atoms with E-state index in [4.69, 9.17) is 32.2 Å². The van der Waals surface area contributed by atoms with Gasteiger partial charge in [-0.05, 0) is 49.0 Å². The first-order valence-corrected chi connectivity index (χ1v) is 12.0. The molecule has 8 N–H and O–H groups in total. The Kier molecular flexibility index (Phi) is 19.2. The van der Waals surface area contributed by atoms with Gasteiger partial charge in [0, 0.05) is 12.5 Å². The third-order valence-electron chi connectivity index (χ3n) is 4.72. The summed E-state index contributed by atoms with van der Waals surface area (Å²) in [7, 11) is 0. The van der Waals surface area contributed by atoms with Crippen molar-refractivity contribution in [3.8, 4) is 11.1 Å². The van der Waals surface area contributed by atoms with Crippen LogP contribution in [-0.4, -0.2) is 47.6 Å². The third-order valence-corrected chi connectivity index (χ3v) is 4.72. The Bertz CT molecular complexity index is 993. The Morgan fingerprint density at radius 2 is 1.27 bits per heavy atom. The standard InChI is InChI=1S/C13H10O.C8H11N.C6H14N2O2.C2H4O2/c14-10-11-6-8-13(9-7-11)12-4-2-1-3-5-12;9-7-6-8-4-2-1-3-5-8;7-4-2-1-3-5(8)6(9)10;1-2(3)4/h1-10H;1-5H,6-7,9H2;5H,1-4,7-8H2,(H,9,10);1H3,(H,3,4)/t;;5-;/m..0./s1. The monoisotopic (exact) mass is 509 g/mol. The average molecular weight is 510 g/mol. The molecule has 0 radical (unpaired) electrons. The van der Waals surface area contributed by atoms with Gasteiger partial charge in [0.15, 0.2) is 0 Å². The molecule has 200 valence electrons. The van der Waals surface area contributed by atoms with Gasteiger partial charge in [-0.2, -0.15) is 0 Å². The molecule has 0 unspecified atom stereocenters. The SMILES string of the molecule is CC(=O)O.NCCCC[C@H](N)C(=O)O.NCCc1ccccc1.O=Cc1ccc(-c2ccccc2)cc1. The van der Waals surface area contributed by atoms with Gasteiger partial charge in [0.25, 0.3) is 5.97 Å². The van der Waals surface area contributed by atoms with Crippen molar-refractivity contribution in [2.45, 2.75) is 38.6 Å². The molecular formula is C29H39N3O5. The summed E-state index contributed by atoms with van der Waals surface area (Å²) in [5.41, 5.74) is 20.1. The van der Waals surface area contributed by atoms with Gasteiger partial charge in [0.2, 0.25) is 0 Å². The van der Waals surface area contributed by atoms with Crippen LogP contribution >= 0.6 is 0 Å². The quantitative estimate of drug-likeness (QED) is 0.213. The molecule has 0 saturated carbocycles. The second kappa shape index (κ2) is 21.4. The number of aldehydes is 1. The van der Waals surface area contributed by atoms with Gasteiger partial charge in [-0.25, -0.2) is 0 Å². The summed E-state index contributed by atoms with van der Waals surface area (Å²) >= 11 is 0. The number of unbranched alkanes of at least 4 members (excludes halogenated alkanes) is 1. The van der Waals surface area contributed by atoms with Crippen LogP contribution in [0.1, 0.15) is 42.1 Å². The van der Waals surface area contributed by atoms with Crippen LogP contribution in [0.15, 0.2) is 84.9 Å². The van der Waals surface area contributed by atoms with Crippen molar-refractivity contribution < 1.29 is 24.6 Å². The zero-order valence-corrected chi connectivity index (χ0v) is 21.3.